The number of carbonyl (C=O) groups is 2. The predicted molar refractivity (Wildman–Crippen MR) is 154 cm³/mol. The third-order valence-electron chi connectivity index (χ3n) is 5.34. The van der Waals surface area contributed by atoms with Crippen LogP contribution >= 0.6 is 11.3 Å². The fourth-order valence-corrected chi connectivity index (χ4v) is 4.10. The van der Waals surface area contributed by atoms with Crippen LogP contribution in [0.5, 0.6) is 0 Å². The number of nitrogens with two attached hydrogens (primary N) is 3. The zero-order valence-electron chi connectivity index (χ0n) is 21.7. The molecule has 0 aliphatic rings. The number of nitrogens with one attached hydrogen (secondary N) is 2. The fraction of sp³-hybridized carbons (Fsp3) is 0.286. The normalized spacial score (nSPS) is 11.3. The summed E-state index contributed by atoms with van der Waals surface area (Å²) in [5.74, 6) is 0.490. The Bertz CT molecular complexity index is 1190. The molecule has 0 saturated heterocycles. The van der Waals surface area contributed by atoms with Gasteiger partial charge in [0.25, 0.3) is 0 Å². The van der Waals surface area contributed by atoms with E-state index in [9.17, 15) is 9.59 Å². The van der Waals surface area contributed by atoms with Crippen LogP contribution in [0.15, 0.2) is 78.3 Å². The molecule has 2 aromatic carbocycles. The second-order valence-electron chi connectivity index (χ2n) is 8.43. The maximum absolute atomic E-state index is 12.0. The summed E-state index contributed by atoms with van der Waals surface area (Å²) in [6.07, 6.45) is 8.79. The Balaban J connectivity index is 0.000000384. The molecule has 0 aliphatic heterocycles. The van der Waals surface area contributed by atoms with Crippen LogP contribution in [0.1, 0.15) is 41.0 Å². The number of amides is 1. The van der Waals surface area contributed by atoms with E-state index in [-0.39, 0.29) is 5.91 Å². The summed E-state index contributed by atoms with van der Waals surface area (Å²) in [6.45, 7) is 0.534. The summed E-state index contributed by atoms with van der Waals surface area (Å²) in [7, 11) is 1.76. The lowest BCUT2D eigenvalue weighted by atomic mass is 10.1. The van der Waals surface area contributed by atoms with Gasteiger partial charge in [-0.3, -0.25) is 4.79 Å². The minimum absolute atomic E-state index is 0.0873. The molecule has 202 valence electrons. The molecule has 1 aromatic heterocycles. The zero-order valence-corrected chi connectivity index (χ0v) is 22.5. The second-order valence-corrected chi connectivity index (χ2v) is 9.49. The van der Waals surface area contributed by atoms with Gasteiger partial charge in [-0.25, -0.2) is 0 Å². The molecule has 0 saturated carbocycles. The maximum Gasteiger partial charge on any atom is 0.230 e. The van der Waals surface area contributed by atoms with Crippen molar-refractivity contribution in [2.75, 3.05) is 12.4 Å². The van der Waals surface area contributed by atoms with E-state index in [1.54, 1.807) is 13.1 Å². The lowest BCUT2D eigenvalue weighted by molar-refractivity contribution is -0.115. The molecule has 0 unspecified atom stereocenters. The molecular weight excluding hydrogens is 498 g/mol. The average molecular weight is 536 g/mol. The van der Waals surface area contributed by atoms with Crippen LogP contribution in [0, 0.1) is 0 Å². The first-order valence-electron chi connectivity index (χ1n) is 12.4. The van der Waals surface area contributed by atoms with Crippen LogP contribution in [0.2, 0.25) is 0 Å². The van der Waals surface area contributed by atoms with Gasteiger partial charge >= 0.3 is 0 Å². The Morgan fingerprint density at radius 2 is 1.71 bits per heavy atom. The molecule has 0 aliphatic carbocycles. The van der Waals surface area contributed by atoms with E-state index >= 15 is 0 Å². The summed E-state index contributed by atoms with van der Waals surface area (Å²) in [4.78, 5) is 22.2. The molecule has 38 heavy (non-hydrogen) atoms. The number of benzene rings is 2. The number of nitrogens with zero attached hydrogens (tertiary/aromatic N) is 2. The molecule has 3 rings (SSSR count). The fourth-order valence-electron chi connectivity index (χ4n) is 3.30. The first kappa shape index (κ1) is 30.2. The average Bonchev–Trinajstić information content (AvgIpc) is 3.37. The van der Waals surface area contributed by atoms with Gasteiger partial charge in [0, 0.05) is 32.1 Å². The van der Waals surface area contributed by atoms with Crippen LogP contribution in [-0.4, -0.2) is 29.4 Å². The highest BCUT2D eigenvalue weighted by molar-refractivity contribution is 7.15. The first-order valence-corrected chi connectivity index (χ1v) is 13.2. The van der Waals surface area contributed by atoms with Crippen LogP contribution in [0.4, 0.5) is 5.13 Å². The minimum atomic E-state index is -0.0873. The third kappa shape index (κ3) is 12.3. The lowest BCUT2D eigenvalue weighted by Crippen LogP contribution is -2.14. The number of carbonyl (C=O) groups excluding carboxylic acids is 2. The number of rotatable bonds is 13. The molecule has 1 amide bonds. The number of aldehydes is 1. The van der Waals surface area contributed by atoms with Crippen LogP contribution in [-0.2, 0) is 35.4 Å². The van der Waals surface area contributed by atoms with E-state index in [0.717, 1.165) is 59.4 Å². The molecule has 0 fully saturated rings. The van der Waals surface area contributed by atoms with Gasteiger partial charge in [-0.2, -0.15) is 0 Å². The summed E-state index contributed by atoms with van der Waals surface area (Å²) in [5.41, 5.74) is 20.9. The van der Waals surface area contributed by atoms with Gasteiger partial charge in [0.15, 0.2) is 0 Å². The van der Waals surface area contributed by atoms with Gasteiger partial charge in [0.1, 0.15) is 11.3 Å². The van der Waals surface area contributed by atoms with Crippen LogP contribution < -0.4 is 27.8 Å². The van der Waals surface area contributed by atoms with Crippen molar-refractivity contribution in [3.63, 3.8) is 0 Å². The van der Waals surface area contributed by atoms with E-state index in [1.807, 2.05) is 60.7 Å². The molecule has 0 spiro atoms. The molecular formula is C28H37N7O2S. The third-order valence-corrected chi connectivity index (χ3v) is 6.24. The van der Waals surface area contributed by atoms with Crippen LogP contribution in [0.3, 0.4) is 0 Å². The predicted octanol–water partition coefficient (Wildman–Crippen LogP) is 3.18. The van der Waals surface area contributed by atoms with Crippen molar-refractivity contribution in [2.45, 2.75) is 45.1 Å². The Hall–Kier alpha value is -4.02. The first-order chi connectivity index (χ1) is 18.4. The highest BCUT2D eigenvalue weighted by atomic mass is 32.1. The van der Waals surface area contributed by atoms with Crippen molar-refractivity contribution in [1.82, 2.24) is 15.5 Å². The molecule has 1 heterocycles. The summed E-state index contributed by atoms with van der Waals surface area (Å²) >= 11 is 1.41. The Kier molecular flexibility index (Phi) is 13.9. The maximum atomic E-state index is 12.0. The Morgan fingerprint density at radius 1 is 0.974 bits per heavy atom. The van der Waals surface area contributed by atoms with Crippen molar-refractivity contribution in [1.29, 1.82) is 0 Å². The number of anilines is 1. The van der Waals surface area contributed by atoms with Gasteiger partial charge in [-0.15, -0.1) is 10.2 Å². The molecule has 8 N–H and O–H groups in total. The number of hydrogen-bond donors (Lipinski definition) is 5. The van der Waals surface area contributed by atoms with Crippen molar-refractivity contribution in [3.05, 3.63) is 100.0 Å². The van der Waals surface area contributed by atoms with Crippen molar-refractivity contribution in [2.24, 2.45) is 17.2 Å². The quantitative estimate of drug-likeness (QED) is 0.127. The monoisotopic (exact) mass is 535 g/mol. The summed E-state index contributed by atoms with van der Waals surface area (Å²) in [5, 5.41) is 15.3. The van der Waals surface area contributed by atoms with Crippen LogP contribution in [0.25, 0.3) is 0 Å². The molecule has 0 radical (unpaired) electrons. The topological polar surface area (TPSA) is 162 Å². The molecule has 9 nitrogen and oxygen atoms in total. The van der Waals surface area contributed by atoms with Gasteiger partial charge < -0.3 is 32.6 Å². The molecule has 10 heteroatoms. The highest BCUT2D eigenvalue weighted by Crippen LogP contribution is 2.18. The van der Waals surface area contributed by atoms with Gasteiger partial charge in [-0.1, -0.05) is 65.9 Å². The largest absolute Gasteiger partial charge is 0.402 e. The standard InChI is InChI=1S/C19H26N6OS.C9H11NO/c1-22-16(21)12-11-15(20)9-5-6-10-18-24-25-19(27-18)23-17(26)13-14-7-3-2-4-8-14;10-7-9-3-1-2-8(6-9)4-5-11/h2-4,7-8,11-12,22H,5-6,9-10,13,20-21H2,1H3,(H,23,25,26);1-3,5-6H,4,7,10H2/b15-11-,16-12+;. The van der Waals surface area contributed by atoms with Gasteiger partial charge in [0.2, 0.25) is 11.0 Å². The number of aromatic nitrogens is 2. The summed E-state index contributed by atoms with van der Waals surface area (Å²) in [6, 6.07) is 17.4. The van der Waals surface area contributed by atoms with Crippen molar-refractivity contribution < 1.29 is 9.59 Å². The van der Waals surface area contributed by atoms with Crippen molar-refractivity contribution >= 4 is 28.7 Å². The molecule has 0 atom stereocenters. The number of allylic oxidation sites excluding steroid dienone is 3. The van der Waals surface area contributed by atoms with E-state index in [1.165, 1.54) is 11.3 Å². The molecule has 0 bridgehead atoms. The van der Waals surface area contributed by atoms with E-state index in [2.05, 4.69) is 20.8 Å². The number of hydrogen-bond acceptors (Lipinski definition) is 9. The number of unbranched alkanes of at least 4 members (excludes halogenated alkanes) is 1. The Labute approximate surface area is 228 Å². The molecule has 3 aromatic rings. The summed E-state index contributed by atoms with van der Waals surface area (Å²) < 4.78 is 0. The zero-order chi connectivity index (χ0) is 27.6. The second kappa shape index (κ2) is 17.4. The highest BCUT2D eigenvalue weighted by Gasteiger charge is 2.09. The minimum Gasteiger partial charge on any atom is -0.402 e. The van der Waals surface area contributed by atoms with Crippen molar-refractivity contribution in [3.8, 4) is 0 Å². The SMILES string of the molecule is CN/C(N)=C/C=C(\N)CCCCc1nnc(NC(=O)Cc2ccccc2)s1.NCc1cccc(CC=O)c1. The van der Waals surface area contributed by atoms with E-state index in [0.29, 0.717) is 30.3 Å². The number of aryl methyl sites for hydroxylation is 1. The van der Waals surface area contributed by atoms with Gasteiger partial charge in [0.05, 0.1) is 12.2 Å². The lowest BCUT2D eigenvalue weighted by Gasteiger charge is -2.01. The van der Waals surface area contributed by atoms with E-state index < -0.39 is 0 Å². The van der Waals surface area contributed by atoms with Gasteiger partial charge in [-0.05, 0) is 48.1 Å². The smallest absolute Gasteiger partial charge is 0.230 e. The van der Waals surface area contributed by atoms with E-state index in [4.69, 9.17) is 17.2 Å². The Morgan fingerprint density at radius 3 is 2.42 bits per heavy atom.